The Kier molecular flexibility index (Phi) is 3.50. The summed E-state index contributed by atoms with van der Waals surface area (Å²) < 4.78 is 5.24. The summed E-state index contributed by atoms with van der Waals surface area (Å²) in [5.74, 6) is -1.35. The van der Waals surface area contributed by atoms with Gasteiger partial charge in [0, 0.05) is 29.3 Å². The molecule has 1 aromatic heterocycles. The number of rotatable bonds is 3. The number of hydrogen-bond donors (Lipinski definition) is 1. The minimum absolute atomic E-state index is 0.0770. The SMILES string of the molecule is CC(C)(C)c1cc(NC(=O)[C@H]2[C@H]3CC[C@@H](C3)[C@@H]2C(=O)[O-])no1. The van der Waals surface area contributed by atoms with Gasteiger partial charge in [0.1, 0.15) is 5.76 Å². The molecule has 1 aromatic rings. The summed E-state index contributed by atoms with van der Waals surface area (Å²) in [6.07, 6.45) is 2.60. The van der Waals surface area contributed by atoms with E-state index in [1.54, 1.807) is 6.07 Å². The lowest BCUT2D eigenvalue weighted by molar-refractivity contribution is -0.314. The van der Waals surface area contributed by atoms with Crippen molar-refractivity contribution in [3.63, 3.8) is 0 Å². The van der Waals surface area contributed by atoms with E-state index in [4.69, 9.17) is 4.52 Å². The van der Waals surface area contributed by atoms with Crippen molar-refractivity contribution < 1.29 is 19.2 Å². The van der Waals surface area contributed by atoms with E-state index in [1.165, 1.54) is 0 Å². The van der Waals surface area contributed by atoms with Crippen LogP contribution in [0.3, 0.4) is 0 Å². The molecule has 22 heavy (non-hydrogen) atoms. The smallest absolute Gasteiger partial charge is 0.229 e. The zero-order chi connectivity index (χ0) is 16.1. The summed E-state index contributed by atoms with van der Waals surface area (Å²) in [6, 6.07) is 1.69. The first-order valence-corrected chi connectivity index (χ1v) is 7.76. The van der Waals surface area contributed by atoms with Crippen LogP contribution in [-0.2, 0) is 15.0 Å². The average Bonchev–Trinajstić information content (AvgIpc) is 3.11. The second kappa shape index (κ2) is 5.11. The van der Waals surface area contributed by atoms with Crippen LogP contribution in [-0.4, -0.2) is 17.0 Å². The highest BCUT2D eigenvalue weighted by Gasteiger charge is 2.51. The molecule has 0 radical (unpaired) electrons. The van der Waals surface area contributed by atoms with E-state index in [1.807, 2.05) is 20.8 Å². The summed E-state index contributed by atoms with van der Waals surface area (Å²) in [5.41, 5.74) is -0.198. The molecule has 0 saturated heterocycles. The van der Waals surface area contributed by atoms with E-state index in [0.717, 1.165) is 19.3 Å². The van der Waals surface area contributed by atoms with Crippen molar-refractivity contribution >= 4 is 17.7 Å². The third kappa shape index (κ3) is 2.51. The van der Waals surface area contributed by atoms with Crippen LogP contribution >= 0.6 is 0 Å². The molecule has 2 aliphatic carbocycles. The van der Waals surface area contributed by atoms with Crippen molar-refractivity contribution in [2.24, 2.45) is 23.7 Å². The summed E-state index contributed by atoms with van der Waals surface area (Å²) >= 11 is 0. The average molecular weight is 305 g/mol. The van der Waals surface area contributed by atoms with Gasteiger partial charge in [-0.15, -0.1) is 0 Å². The molecular formula is C16H21N2O4-. The second-order valence-electron chi connectivity index (χ2n) is 7.52. The van der Waals surface area contributed by atoms with E-state index < -0.39 is 17.8 Å². The minimum atomic E-state index is -1.11. The summed E-state index contributed by atoms with van der Waals surface area (Å²) in [4.78, 5) is 23.9. The van der Waals surface area contributed by atoms with Crippen molar-refractivity contribution in [3.05, 3.63) is 11.8 Å². The normalized spacial score (nSPS) is 30.5. The number of aliphatic carboxylic acids is 1. The molecule has 1 amide bonds. The van der Waals surface area contributed by atoms with Gasteiger partial charge in [0.2, 0.25) is 5.91 Å². The number of amides is 1. The molecule has 1 N–H and O–H groups in total. The van der Waals surface area contributed by atoms with Gasteiger partial charge in [0.05, 0.1) is 0 Å². The first kappa shape index (κ1) is 15.1. The maximum absolute atomic E-state index is 12.5. The first-order chi connectivity index (χ1) is 10.3. The number of aromatic nitrogens is 1. The van der Waals surface area contributed by atoms with Gasteiger partial charge in [0.15, 0.2) is 5.82 Å². The maximum atomic E-state index is 12.5. The van der Waals surface area contributed by atoms with E-state index in [9.17, 15) is 14.7 Å². The van der Waals surface area contributed by atoms with Crippen LogP contribution < -0.4 is 10.4 Å². The van der Waals surface area contributed by atoms with Crippen molar-refractivity contribution in [1.82, 2.24) is 5.16 Å². The molecule has 1 heterocycles. The number of carbonyl (C=O) groups excluding carboxylic acids is 2. The quantitative estimate of drug-likeness (QED) is 0.908. The van der Waals surface area contributed by atoms with Gasteiger partial charge in [-0.25, -0.2) is 0 Å². The van der Waals surface area contributed by atoms with Gasteiger partial charge in [-0.2, -0.15) is 0 Å². The van der Waals surface area contributed by atoms with Crippen LogP contribution in [0, 0.1) is 23.7 Å². The largest absolute Gasteiger partial charge is 0.550 e. The van der Waals surface area contributed by atoms with Gasteiger partial charge in [-0.1, -0.05) is 25.9 Å². The Morgan fingerprint density at radius 2 is 1.91 bits per heavy atom. The third-order valence-electron chi connectivity index (χ3n) is 4.99. The number of hydrogen-bond acceptors (Lipinski definition) is 5. The van der Waals surface area contributed by atoms with E-state index in [-0.39, 0.29) is 23.2 Å². The van der Waals surface area contributed by atoms with Crippen LogP contribution in [0.2, 0.25) is 0 Å². The molecule has 6 nitrogen and oxygen atoms in total. The fraction of sp³-hybridized carbons (Fsp3) is 0.688. The number of carboxylic acids is 1. The zero-order valence-electron chi connectivity index (χ0n) is 13.1. The van der Waals surface area contributed by atoms with Gasteiger partial charge in [-0.05, 0) is 31.1 Å². The summed E-state index contributed by atoms with van der Waals surface area (Å²) in [7, 11) is 0. The number of carbonyl (C=O) groups is 2. The Morgan fingerprint density at radius 1 is 1.27 bits per heavy atom. The van der Waals surface area contributed by atoms with E-state index in [2.05, 4.69) is 10.5 Å². The fourth-order valence-corrected chi connectivity index (χ4v) is 3.90. The number of anilines is 1. The Hall–Kier alpha value is -1.85. The molecule has 2 saturated carbocycles. The van der Waals surface area contributed by atoms with Crippen molar-refractivity contribution in [2.75, 3.05) is 5.32 Å². The monoisotopic (exact) mass is 305 g/mol. The second-order valence-corrected chi connectivity index (χ2v) is 7.52. The molecule has 6 heteroatoms. The molecule has 4 atom stereocenters. The fourth-order valence-electron chi connectivity index (χ4n) is 3.90. The van der Waals surface area contributed by atoms with Gasteiger partial charge >= 0.3 is 0 Å². The summed E-state index contributed by atoms with van der Waals surface area (Å²) in [5, 5.41) is 17.9. The van der Waals surface area contributed by atoms with Crippen LogP contribution in [0.5, 0.6) is 0 Å². The molecule has 2 aliphatic rings. The molecule has 0 aliphatic heterocycles. The predicted octanol–water partition coefficient (Wildman–Crippen LogP) is 1.32. The van der Waals surface area contributed by atoms with E-state index in [0.29, 0.717) is 11.6 Å². The van der Waals surface area contributed by atoms with Crippen molar-refractivity contribution in [1.29, 1.82) is 0 Å². The number of nitrogens with one attached hydrogen (secondary N) is 1. The highest BCUT2D eigenvalue weighted by molar-refractivity contribution is 5.95. The molecule has 120 valence electrons. The van der Waals surface area contributed by atoms with Gasteiger partial charge < -0.3 is 19.7 Å². The standard InChI is InChI=1S/C16H22N2O4/c1-16(2,3)10-7-11(18-22-10)17-14(19)12-8-4-5-9(6-8)13(12)15(20)21/h7-9,12-13H,4-6H2,1-3H3,(H,20,21)(H,17,18,19)/p-1/t8-,9-,12-,13-/m0/s1. The highest BCUT2D eigenvalue weighted by atomic mass is 16.5. The summed E-state index contributed by atoms with van der Waals surface area (Å²) in [6.45, 7) is 5.96. The zero-order valence-corrected chi connectivity index (χ0v) is 13.1. The molecule has 2 fully saturated rings. The third-order valence-corrected chi connectivity index (χ3v) is 4.99. The molecule has 3 rings (SSSR count). The lowest BCUT2D eigenvalue weighted by Crippen LogP contribution is -2.44. The highest BCUT2D eigenvalue weighted by Crippen LogP contribution is 2.52. The van der Waals surface area contributed by atoms with Crippen LogP contribution in [0.1, 0.15) is 45.8 Å². The maximum Gasteiger partial charge on any atom is 0.229 e. The number of carboxylic acid groups (broad SMARTS) is 1. The molecular weight excluding hydrogens is 284 g/mol. The first-order valence-electron chi connectivity index (χ1n) is 7.76. The number of fused-ring (bicyclic) bond motifs is 2. The van der Waals surface area contributed by atoms with E-state index >= 15 is 0 Å². The van der Waals surface area contributed by atoms with Crippen LogP contribution in [0.4, 0.5) is 5.82 Å². The van der Waals surface area contributed by atoms with Gasteiger partial charge in [0.25, 0.3) is 0 Å². The molecule has 0 unspecified atom stereocenters. The van der Waals surface area contributed by atoms with Crippen LogP contribution in [0.15, 0.2) is 10.6 Å². The Labute approximate surface area is 129 Å². The minimum Gasteiger partial charge on any atom is -0.550 e. The molecule has 2 bridgehead atoms. The molecule has 0 aromatic carbocycles. The van der Waals surface area contributed by atoms with Crippen LogP contribution in [0.25, 0.3) is 0 Å². The Balaban J connectivity index is 1.74. The Morgan fingerprint density at radius 3 is 2.45 bits per heavy atom. The van der Waals surface area contributed by atoms with Crippen molar-refractivity contribution in [3.8, 4) is 0 Å². The van der Waals surface area contributed by atoms with Gasteiger partial charge in [-0.3, -0.25) is 4.79 Å². The lowest BCUT2D eigenvalue weighted by Gasteiger charge is -2.30. The van der Waals surface area contributed by atoms with Crippen molar-refractivity contribution in [2.45, 2.75) is 45.4 Å². The lowest BCUT2D eigenvalue weighted by atomic mass is 9.79. The topological polar surface area (TPSA) is 95.3 Å². The Bertz CT molecular complexity index is 602. The number of nitrogens with zero attached hydrogens (tertiary/aromatic N) is 1. The molecule has 0 spiro atoms. The predicted molar refractivity (Wildman–Crippen MR) is 76.7 cm³/mol.